The zero-order valence-corrected chi connectivity index (χ0v) is 17.1. The fourth-order valence-electron chi connectivity index (χ4n) is 4.42. The minimum atomic E-state index is -1.09. The van der Waals surface area contributed by atoms with Gasteiger partial charge < -0.3 is 4.74 Å². The van der Waals surface area contributed by atoms with E-state index in [-0.39, 0.29) is 22.8 Å². The van der Waals surface area contributed by atoms with Gasteiger partial charge in [0.2, 0.25) is 0 Å². The highest BCUT2D eigenvalue weighted by atomic mass is 19.2. The van der Waals surface area contributed by atoms with Gasteiger partial charge in [0.1, 0.15) is 11.6 Å². The first-order valence-corrected chi connectivity index (χ1v) is 10.2. The van der Waals surface area contributed by atoms with E-state index in [4.69, 9.17) is 4.74 Å². The van der Waals surface area contributed by atoms with Crippen molar-refractivity contribution < 1.29 is 22.7 Å². The molecular formula is C24H27F3O2. The van der Waals surface area contributed by atoms with Crippen LogP contribution in [0.2, 0.25) is 0 Å². The van der Waals surface area contributed by atoms with Crippen molar-refractivity contribution in [3.8, 4) is 16.9 Å². The summed E-state index contributed by atoms with van der Waals surface area (Å²) < 4.78 is 49.5. The molecule has 2 aromatic rings. The van der Waals surface area contributed by atoms with Crippen molar-refractivity contribution >= 4 is 5.97 Å². The zero-order valence-electron chi connectivity index (χ0n) is 17.1. The van der Waals surface area contributed by atoms with Crippen LogP contribution in [0.4, 0.5) is 13.2 Å². The fraction of sp³-hybridized carbons (Fsp3) is 0.458. The lowest BCUT2D eigenvalue weighted by molar-refractivity contribution is -0.131. The molecule has 0 aromatic heterocycles. The smallest absolute Gasteiger partial charge is 0.308 e. The van der Waals surface area contributed by atoms with Gasteiger partial charge in [-0.3, -0.25) is 4.79 Å². The summed E-state index contributed by atoms with van der Waals surface area (Å²) in [4.78, 5) is 11.0. The molecule has 2 nitrogen and oxygen atoms in total. The molecule has 0 bridgehead atoms. The second-order valence-corrected chi connectivity index (χ2v) is 8.41. The lowest BCUT2D eigenvalue weighted by Gasteiger charge is -2.30. The predicted octanol–water partition coefficient (Wildman–Crippen LogP) is 7.02. The van der Waals surface area contributed by atoms with Crippen LogP contribution in [0.15, 0.2) is 30.3 Å². The molecule has 156 valence electrons. The minimum absolute atomic E-state index is 0.120. The molecule has 0 unspecified atom stereocenters. The largest absolute Gasteiger partial charge is 0.427 e. The first-order valence-electron chi connectivity index (χ1n) is 10.2. The summed E-state index contributed by atoms with van der Waals surface area (Å²) in [5.74, 6) is -2.11. The molecule has 0 radical (unpaired) electrons. The Morgan fingerprint density at radius 2 is 1.66 bits per heavy atom. The Bertz CT molecular complexity index is 867. The molecule has 0 heterocycles. The van der Waals surface area contributed by atoms with Crippen LogP contribution >= 0.6 is 0 Å². The van der Waals surface area contributed by atoms with Crippen molar-refractivity contribution in [3.05, 3.63) is 53.3 Å². The summed E-state index contributed by atoms with van der Waals surface area (Å²) in [6.45, 7) is 5.63. The van der Waals surface area contributed by atoms with Gasteiger partial charge in [0.15, 0.2) is 11.6 Å². The maximum atomic E-state index is 14.9. The van der Waals surface area contributed by atoms with Crippen LogP contribution in [-0.2, 0) is 4.79 Å². The standard InChI is InChI=1S/C24H27F3O2/c1-14(2)12-16-4-6-18(7-5-16)22-21(25)13-20(23(26)24(22)27)17-8-10-19(11-9-17)29-15(3)28/h8-11,13-14,16,18H,4-7,12H2,1-3H3. The van der Waals surface area contributed by atoms with E-state index in [1.54, 1.807) is 0 Å². The molecule has 29 heavy (non-hydrogen) atoms. The van der Waals surface area contributed by atoms with Gasteiger partial charge in [0, 0.05) is 18.1 Å². The van der Waals surface area contributed by atoms with Crippen LogP contribution in [0, 0.1) is 29.3 Å². The van der Waals surface area contributed by atoms with E-state index in [9.17, 15) is 18.0 Å². The van der Waals surface area contributed by atoms with Crippen LogP contribution in [0.25, 0.3) is 11.1 Å². The number of carbonyl (C=O) groups excluding carboxylic acids is 1. The molecular weight excluding hydrogens is 377 g/mol. The summed E-state index contributed by atoms with van der Waals surface area (Å²) in [6, 6.07) is 6.97. The molecule has 1 aliphatic rings. The van der Waals surface area contributed by atoms with E-state index in [1.807, 2.05) is 0 Å². The molecule has 2 aromatic carbocycles. The van der Waals surface area contributed by atoms with Gasteiger partial charge in [-0.05, 0) is 73.6 Å². The Morgan fingerprint density at radius 1 is 1.03 bits per heavy atom. The number of halogens is 3. The van der Waals surface area contributed by atoms with Crippen molar-refractivity contribution in [1.29, 1.82) is 0 Å². The second-order valence-electron chi connectivity index (χ2n) is 8.41. The van der Waals surface area contributed by atoms with Crippen molar-refractivity contribution in [1.82, 2.24) is 0 Å². The molecule has 0 N–H and O–H groups in total. The van der Waals surface area contributed by atoms with Crippen LogP contribution in [0.3, 0.4) is 0 Å². The second kappa shape index (κ2) is 9.02. The highest BCUT2D eigenvalue weighted by Crippen LogP contribution is 2.41. The number of benzene rings is 2. The number of ether oxygens (including phenoxy) is 1. The predicted molar refractivity (Wildman–Crippen MR) is 107 cm³/mol. The van der Waals surface area contributed by atoms with Crippen LogP contribution in [0.1, 0.15) is 64.4 Å². The quantitative estimate of drug-likeness (QED) is 0.304. The normalized spacial score (nSPS) is 19.4. The highest BCUT2D eigenvalue weighted by molar-refractivity contribution is 5.70. The molecule has 0 saturated heterocycles. The van der Waals surface area contributed by atoms with Gasteiger partial charge in [0.25, 0.3) is 0 Å². The highest BCUT2D eigenvalue weighted by Gasteiger charge is 2.30. The van der Waals surface area contributed by atoms with Crippen LogP contribution < -0.4 is 4.74 Å². The van der Waals surface area contributed by atoms with Crippen LogP contribution in [-0.4, -0.2) is 5.97 Å². The Kier molecular flexibility index (Phi) is 6.66. The van der Waals surface area contributed by atoms with Crippen molar-refractivity contribution in [2.45, 2.75) is 58.8 Å². The van der Waals surface area contributed by atoms with Gasteiger partial charge in [-0.25, -0.2) is 13.2 Å². The topological polar surface area (TPSA) is 26.3 Å². The maximum Gasteiger partial charge on any atom is 0.308 e. The Labute approximate surface area is 170 Å². The molecule has 1 aliphatic carbocycles. The van der Waals surface area contributed by atoms with E-state index in [0.29, 0.717) is 30.2 Å². The first-order chi connectivity index (χ1) is 13.8. The van der Waals surface area contributed by atoms with E-state index in [1.165, 1.54) is 31.2 Å². The molecule has 0 spiro atoms. The monoisotopic (exact) mass is 404 g/mol. The average molecular weight is 404 g/mol. The molecule has 1 saturated carbocycles. The van der Waals surface area contributed by atoms with Crippen molar-refractivity contribution in [2.75, 3.05) is 0 Å². The summed E-state index contributed by atoms with van der Waals surface area (Å²) in [5, 5.41) is 0. The number of esters is 1. The average Bonchev–Trinajstić information content (AvgIpc) is 2.66. The van der Waals surface area contributed by atoms with E-state index in [0.717, 1.165) is 25.3 Å². The Morgan fingerprint density at radius 3 is 2.21 bits per heavy atom. The molecule has 3 rings (SSSR count). The SMILES string of the molecule is CC(=O)Oc1ccc(-c2cc(F)c(C3CCC(CC(C)C)CC3)c(F)c2F)cc1. The minimum Gasteiger partial charge on any atom is -0.427 e. The third kappa shape index (κ3) is 5.01. The number of hydrogen-bond donors (Lipinski definition) is 0. The van der Waals surface area contributed by atoms with Crippen LogP contribution in [0.5, 0.6) is 5.75 Å². The Balaban J connectivity index is 1.83. The third-order valence-electron chi connectivity index (χ3n) is 5.68. The Hall–Kier alpha value is -2.30. The van der Waals surface area contributed by atoms with Gasteiger partial charge in [-0.2, -0.15) is 0 Å². The van der Waals surface area contributed by atoms with Gasteiger partial charge >= 0.3 is 5.97 Å². The van der Waals surface area contributed by atoms with E-state index >= 15 is 0 Å². The fourth-order valence-corrected chi connectivity index (χ4v) is 4.42. The number of carbonyl (C=O) groups is 1. The first kappa shape index (κ1) is 21.4. The molecule has 5 heteroatoms. The molecule has 0 amide bonds. The van der Waals surface area contributed by atoms with E-state index < -0.39 is 23.4 Å². The van der Waals surface area contributed by atoms with Crippen molar-refractivity contribution in [2.24, 2.45) is 11.8 Å². The van der Waals surface area contributed by atoms with Gasteiger partial charge in [-0.15, -0.1) is 0 Å². The zero-order chi connectivity index (χ0) is 21.1. The summed E-state index contributed by atoms with van der Waals surface area (Å²) in [7, 11) is 0. The summed E-state index contributed by atoms with van der Waals surface area (Å²) in [5.41, 5.74) is 0.0702. The molecule has 1 fully saturated rings. The van der Waals surface area contributed by atoms with Crippen molar-refractivity contribution in [3.63, 3.8) is 0 Å². The number of hydrogen-bond acceptors (Lipinski definition) is 2. The molecule has 0 atom stereocenters. The lowest BCUT2D eigenvalue weighted by Crippen LogP contribution is -2.17. The summed E-state index contributed by atoms with van der Waals surface area (Å²) in [6.07, 6.45) is 4.32. The van der Waals surface area contributed by atoms with E-state index in [2.05, 4.69) is 13.8 Å². The van der Waals surface area contributed by atoms with Gasteiger partial charge in [0.05, 0.1) is 0 Å². The molecule has 0 aliphatic heterocycles. The van der Waals surface area contributed by atoms with Gasteiger partial charge in [-0.1, -0.05) is 26.0 Å². The number of rotatable bonds is 5. The summed E-state index contributed by atoms with van der Waals surface area (Å²) >= 11 is 0. The lowest BCUT2D eigenvalue weighted by atomic mass is 9.75. The maximum absolute atomic E-state index is 14.9. The third-order valence-corrected chi connectivity index (χ3v) is 5.68.